The lowest BCUT2D eigenvalue weighted by Crippen LogP contribution is -2.54. The minimum atomic E-state index is -3.34. The Bertz CT molecular complexity index is 393. The van der Waals surface area contributed by atoms with Crippen LogP contribution in [-0.2, 0) is 19.4 Å². The summed E-state index contributed by atoms with van der Waals surface area (Å²) >= 11 is 0. The molecule has 0 radical (unpaired) electrons. The highest BCUT2D eigenvalue weighted by Gasteiger charge is 2.35. The lowest BCUT2D eigenvalue weighted by atomic mass is 9.98. The number of amides is 1. The van der Waals surface area contributed by atoms with Crippen LogP contribution < -0.4 is 10.6 Å². The Labute approximate surface area is 121 Å². The van der Waals surface area contributed by atoms with E-state index in [-0.39, 0.29) is 17.9 Å². The summed E-state index contributed by atoms with van der Waals surface area (Å²) in [5.74, 6) is -0.457. The first-order valence-electron chi connectivity index (χ1n) is 6.01. The molecule has 0 aliphatic carbocycles. The van der Waals surface area contributed by atoms with Gasteiger partial charge in [-0.05, 0) is 26.3 Å². The predicted molar refractivity (Wildman–Crippen MR) is 76.4 cm³/mol. The van der Waals surface area contributed by atoms with Gasteiger partial charge in [-0.2, -0.15) is 0 Å². The van der Waals surface area contributed by atoms with Crippen LogP contribution >= 0.6 is 12.4 Å². The van der Waals surface area contributed by atoms with E-state index in [2.05, 4.69) is 10.6 Å². The number of carbonyl (C=O) groups is 1. The Morgan fingerprint density at radius 2 is 2.16 bits per heavy atom. The summed E-state index contributed by atoms with van der Waals surface area (Å²) in [5, 5.41) is 5.00. The Hall–Kier alpha value is -0.370. The highest BCUT2D eigenvalue weighted by molar-refractivity contribution is 7.92. The topological polar surface area (TPSA) is 84.5 Å². The van der Waals surface area contributed by atoms with E-state index in [9.17, 15) is 13.2 Å². The molecule has 114 valence electrons. The number of rotatable bonds is 6. The van der Waals surface area contributed by atoms with Crippen LogP contribution in [0, 0.1) is 0 Å². The van der Waals surface area contributed by atoms with Crippen molar-refractivity contribution in [2.45, 2.75) is 30.6 Å². The molecule has 19 heavy (non-hydrogen) atoms. The SMILES string of the molecule is COCC1(CNC(=O)C(C)S(C)(=O)=O)CCCN1.Cl. The fourth-order valence-corrected chi connectivity index (χ4v) is 2.54. The van der Waals surface area contributed by atoms with E-state index in [1.807, 2.05) is 0 Å². The fraction of sp³-hybridized carbons (Fsp3) is 0.909. The maximum absolute atomic E-state index is 11.7. The molecule has 1 saturated heterocycles. The number of carbonyl (C=O) groups excluding carboxylic acids is 1. The monoisotopic (exact) mass is 314 g/mol. The molecule has 2 N–H and O–H groups in total. The molecule has 2 atom stereocenters. The number of hydrogen-bond donors (Lipinski definition) is 2. The van der Waals surface area contributed by atoms with E-state index in [0.717, 1.165) is 25.6 Å². The van der Waals surface area contributed by atoms with E-state index in [1.54, 1.807) is 7.11 Å². The normalized spacial score (nSPS) is 24.6. The van der Waals surface area contributed by atoms with Gasteiger partial charge < -0.3 is 15.4 Å². The molecule has 0 saturated carbocycles. The van der Waals surface area contributed by atoms with E-state index < -0.39 is 21.0 Å². The summed E-state index contributed by atoms with van der Waals surface area (Å²) in [6.45, 7) is 3.18. The number of methoxy groups -OCH3 is 1. The lowest BCUT2D eigenvalue weighted by Gasteiger charge is -2.29. The van der Waals surface area contributed by atoms with Crippen molar-refractivity contribution in [3.05, 3.63) is 0 Å². The van der Waals surface area contributed by atoms with Gasteiger partial charge in [0.2, 0.25) is 5.91 Å². The minimum absolute atomic E-state index is 0. The van der Waals surface area contributed by atoms with Crippen LogP contribution in [0.1, 0.15) is 19.8 Å². The fourth-order valence-electron chi connectivity index (χ4n) is 2.06. The van der Waals surface area contributed by atoms with Crippen LogP contribution in [0.25, 0.3) is 0 Å². The Morgan fingerprint density at radius 3 is 2.58 bits per heavy atom. The standard InChI is InChI=1S/C11H22N2O4S.ClH/c1-9(18(3,15)16)10(14)12-7-11(8-17-2)5-4-6-13-11;/h9,13H,4-8H2,1-3H3,(H,12,14);1H. The zero-order chi connectivity index (χ0) is 13.8. The number of sulfone groups is 1. The van der Waals surface area contributed by atoms with Crippen molar-refractivity contribution in [2.75, 3.05) is 33.1 Å². The maximum Gasteiger partial charge on any atom is 0.238 e. The van der Waals surface area contributed by atoms with Gasteiger partial charge in [0, 0.05) is 19.9 Å². The molecule has 2 unspecified atom stereocenters. The summed E-state index contributed by atoms with van der Waals surface area (Å²) in [7, 11) is -1.73. The quantitative estimate of drug-likeness (QED) is 0.705. The highest BCUT2D eigenvalue weighted by Crippen LogP contribution is 2.18. The van der Waals surface area contributed by atoms with Crippen LogP contribution in [0.2, 0.25) is 0 Å². The Morgan fingerprint density at radius 1 is 1.53 bits per heavy atom. The zero-order valence-electron chi connectivity index (χ0n) is 11.6. The molecule has 1 amide bonds. The third-order valence-electron chi connectivity index (χ3n) is 3.37. The van der Waals surface area contributed by atoms with Gasteiger partial charge in [-0.15, -0.1) is 12.4 Å². The van der Waals surface area contributed by atoms with Crippen molar-refractivity contribution in [1.82, 2.24) is 10.6 Å². The van der Waals surface area contributed by atoms with E-state index >= 15 is 0 Å². The molecule has 0 spiro atoms. The second-order valence-corrected chi connectivity index (χ2v) is 7.30. The molecule has 6 nitrogen and oxygen atoms in total. The summed E-state index contributed by atoms with van der Waals surface area (Å²) in [5.41, 5.74) is -0.262. The molecule has 0 aromatic heterocycles. The molecular formula is C11H23ClN2O4S. The van der Waals surface area contributed by atoms with Crippen molar-refractivity contribution >= 4 is 28.2 Å². The first kappa shape index (κ1) is 18.6. The first-order valence-corrected chi connectivity index (χ1v) is 7.97. The summed E-state index contributed by atoms with van der Waals surface area (Å²) in [6, 6.07) is 0. The first-order chi connectivity index (χ1) is 8.31. The van der Waals surface area contributed by atoms with Gasteiger partial charge in [-0.1, -0.05) is 0 Å². The van der Waals surface area contributed by atoms with Gasteiger partial charge in [0.25, 0.3) is 0 Å². The average molecular weight is 315 g/mol. The summed E-state index contributed by atoms with van der Waals surface area (Å²) in [6.07, 6.45) is 3.01. The number of nitrogens with one attached hydrogen (secondary N) is 2. The Kier molecular flexibility index (Phi) is 7.28. The van der Waals surface area contributed by atoms with E-state index in [1.165, 1.54) is 6.92 Å². The van der Waals surface area contributed by atoms with Gasteiger partial charge in [-0.3, -0.25) is 4.79 Å². The van der Waals surface area contributed by atoms with Crippen LogP contribution in [0.15, 0.2) is 0 Å². The van der Waals surface area contributed by atoms with Crippen molar-refractivity contribution in [2.24, 2.45) is 0 Å². The smallest absolute Gasteiger partial charge is 0.238 e. The van der Waals surface area contributed by atoms with Crippen molar-refractivity contribution in [1.29, 1.82) is 0 Å². The van der Waals surface area contributed by atoms with E-state index in [4.69, 9.17) is 4.74 Å². The summed E-state index contributed by atoms with van der Waals surface area (Å²) < 4.78 is 27.7. The number of halogens is 1. The van der Waals surface area contributed by atoms with Gasteiger partial charge in [0.05, 0.1) is 12.1 Å². The van der Waals surface area contributed by atoms with E-state index in [0.29, 0.717) is 13.2 Å². The third-order valence-corrected chi connectivity index (χ3v) is 4.86. The van der Waals surface area contributed by atoms with Crippen molar-refractivity contribution in [3.63, 3.8) is 0 Å². The van der Waals surface area contributed by atoms with Gasteiger partial charge in [0.1, 0.15) is 5.25 Å². The van der Waals surface area contributed by atoms with Crippen LogP contribution in [-0.4, -0.2) is 58.2 Å². The van der Waals surface area contributed by atoms with Crippen LogP contribution in [0.3, 0.4) is 0 Å². The largest absolute Gasteiger partial charge is 0.383 e. The van der Waals surface area contributed by atoms with Gasteiger partial charge >= 0.3 is 0 Å². The molecule has 0 bridgehead atoms. The molecular weight excluding hydrogens is 292 g/mol. The molecule has 1 rings (SSSR count). The average Bonchev–Trinajstić information content (AvgIpc) is 2.73. The maximum atomic E-state index is 11.7. The van der Waals surface area contributed by atoms with Crippen LogP contribution in [0.4, 0.5) is 0 Å². The zero-order valence-corrected chi connectivity index (χ0v) is 13.2. The number of ether oxygens (including phenoxy) is 1. The number of hydrogen-bond acceptors (Lipinski definition) is 5. The van der Waals surface area contributed by atoms with Crippen molar-refractivity contribution < 1.29 is 17.9 Å². The third kappa shape index (κ3) is 5.25. The molecule has 1 heterocycles. The highest BCUT2D eigenvalue weighted by atomic mass is 35.5. The van der Waals surface area contributed by atoms with Crippen molar-refractivity contribution in [3.8, 4) is 0 Å². The molecule has 1 fully saturated rings. The molecule has 8 heteroatoms. The molecule has 0 aromatic rings. The van der Waals surface area contributed by atoms with Crippen LogP contribution in [0.5, 0.6) is 0 Å². The summed E-state index contributed by atoms with van der Waals surface area (Å²) in [4.78, 5) is 11.7. The minimum Gasteiger partial charge on any atom is -0.383 e. The second kappa shape index (κ2) is 7.42. The molecule has 1 aliphatic rings. The van der Waals surface area contributed by atoms with Gasteiger partial charge in [0.15, 0.2) is 9.84 Å². The van der Waals surface area contributed by atoms with Gasteiger partial charge in [-0.25, -0.2) is 8.42 Å². The predicted octanol–water partition coefficient (Wildman–Crippen LogP) is -0.274. The lowest BCUT2D eigenvalue weighted by molar-refractivity contribution is -0.120. The Balaban J connectivity index is 0.00000324. The molecule has 1 aliphatic heterocycles. The second-order valence-electron chi connectivity index (χ2n) is 4.93. The molecule has 0 aromatic carbocycles.